The Labute approximate surface area is 120 Å². The number of fused-ring (bicyclic) bond motifs is 1. The molecule has 4 heteroatoms. The molecular formula is C17H14F2O2. The monoisotopic (exact) mass is 288 g/mol. The lowest BCUT2D eigenvalue weighted by atomic mass is 9.97. The van der Waals surface area contributed by atoms with Crippen LogP contribution in [-0.4, -0.2) is 5.11 Å². The molecule has 0 amide bonds. The third kappa shape index (κ3) is 2.12. The first-order chi connectivity index (χ1) is 10.0. The van der Waals surface area contributed by atoms with E-state index >= 15 is 0 Å². The van der Waals surface area contributed by atoms with Crippen LogP contribution < -0.4 is 0 Å². The van der Waals surface area contributed by atoms with Crippen molar-refractivity contribution in [2.45, 2.75) is 20.0 Å². The Kier molecular flexibility index (Phi) is 3.26. The van der Waals surface area contributed by atoms with Crippen LogP contribution in [0.2, 0.25) is 0 Å². The number of halogens is 2. The standard InChI is InChI=1S/C17H14F2O2/c1-9-7-8-12(16(19)15(9)18)17(20)14-10(2)21-13-6-4-3-5-11(13)14/h3-8,17,20H,1-2H3. The fraction of sp³-hybridized carbons (Fsp3) is 0.176. The fourth-order valence-electron chi connectivity index (χ4n) is 2.56. The summed E-state index contributed by atoms with van der Waals surface area (Å²) in [5.41, 5.74) is 1.19. The molecule has 1 heterocycles. The second kappa shape index (κ2) is 4.97. The van der Waals surface area contributed by atoms with Gasteiger partial charge in [0.05, 0.1) is 0 Å². The Morgan fingerprint density at radius 1 is 1.00 bits per heavy atom. The van der Waals surface area contributed by atoms with Crippen LogP contribution in [-0.2, 0) is 0 Å². The molecule has 0 spiro atoms. The molecule has 0 aliphatic rings. The number of hydrogen-bond acceptors (Lipinski definition) is 2. The lowest BCUT2D eigenvalue weighted by Gasteiger charge is -2.13. The summed E-state index contributed by atoms with van der Waals surface area (Å²) in [5, 5.41) is 11.2. The maximum Gasteiger partial charge on any atom is 0.165 e. The van der Waals surface area contributed by atoms with Crippen LogP contribution in [0.1, 0.15) is 28.6 Å². The Hall–Kier alpha value is -2.20. The molecule has 21 heavy (non-hydrogen) atoms. The smallest absolute Gasteiger partial charge is 0.165 e. The zero-order valence-electron chi connectivity index (χ0n) is 11.7. The number of rotatable bonds is 2. The van der Waals surface area contributed by atoms with Crippen molar-refractivity contribution in [2.75, 3.05) is 0 Å². The van der Waals surface area contributed by atoms with Crippen LogP contribution >= 0.6 is 0 Å². The first-order valence-corrected chi connectivity index (χ1v) is 6.61. The molecule has 0 aliphatic carbocycles. The first-order valence-electron chi connectivity index (χ1n) is 6.61. The Balaban J connectivity index is 2.19. The molecule has 2 nitrogen and oxygen atoms in total. The van der Waals surface area contributed by atoms with Crippen molar-refractivity contribution in [3.8, 4) is 0 Å². The van der Waals surface area contributed by atoms with E-state index in [0.717, 1.165) is 0 Å². The van der Waals surface area contributed by atoms with Gasteiger partial charge in [0.25, 0.3) is 0 Å². The number of furan rings is 1. The second-order valence-corrected chi connectivity index (χ2v) is 5.07. The summed E-state index contributed by atoms with van der Waals surface area (Å²) < 4.78 is 33.3. The predicted molar refractivity (Wildman–Crippen MR) is 76.1 cm³/mol. The van der Waals surface area contributed by atoms with Crippen molar-refractivity contribution in [2.24, 2.45) is 0 Å². The SMILES string of the molecule is Cc1ccc(C(O)c2c(C)oc3ccccc23)c(F)c1F. The molecule has 1 aromatic heterocycles. The molecule has 3 aromatic rings. The highest BCUT2D eigenvalue weighted by molar-refractivity contribution is 5.83. The summed E-state index contributed by atoms with van der Waals surface area (Å²) >= 11 is 0. The normalized spacial score (nSPS) is 12.8. The topological polar surface area (TPSA) is 33.4 Å². The van der Waals surface area contributed by atoms with E-state index in [1.807, 2.05) is 6.07 Å². The van der Waals surface area contributed by atoms with Crippen LogP contribution in [0.3, 0.4) is 0 Å². The molecule has 1 unspecified atom stereocenters. The summed E-state index contributed by atoms with van der Waals surface area (Å²) in [6.07, 6.45) is -1.27. The quantitative estimate of drug-likeness (QED) is 0.757. The van der Waals surface area contributed by atoms with E-state index in [0.29, 0.717) is 22.3 Å². The summed E-state index contributed by atoms with van der Waals surface area (Å²) in [7, 11) is 0. The van der Waals surface area contributed by atoms with E-state index < -0.39 is 17.7 Å². The summed E-state index contributed by atoms with van der Waals surface area (Å²) in [6, 6.07) is 10.0. The maximum absolute atomic E-state index is 14.1. The molecule has 0 saturated heterocycles. The Morgan fingerprint density at radius 2 is 1.71 bits per heavy atom. The highest BCUT2D eigenvalue weighted by Gasteiger charge is 2.24. The zero-order chi connectivity index (χ0) is 15.1. The number of hydrogen-bond donors (Lipinski definition) is 1. The molecule has 0 bridgehead atoms. The highest BCUT2D eigenvalue weighted by Crippen LogP contribution is 2.35. The average molecular weight is 288 g/mol. The predicted octanol–water partition coefficient (Wildman–Crippen LogP) is 4.41. The zero-order valence-corrected chi connectivity index (χ0v) is 11.7. The summed E-state index contributed by atoms with van der Waals surface area (Å²) in [6.45, 7) is 3.17. The van der Waals surface area contributed by atoms with Crippen molar-refractivity contribution in [3.63, 3.8) is 0 Å². The highest BCUT2D eigenvalue weighted by atomic mass is 19.2. The van der Waals surface area contributed by atoms with E-state index in [-0.39, 0.29) is 11.1 Å². The number of aliphatic hydroxyl groups excluding tert-OH is 1. The van der Waals surface area contributed by atoms with Gasteiger partial charge in [0.2, 0.25) is 0 Å². The number of benzene rings is 2. The maximum atomic E-state index is 14.1. The molecule has 1 N–H and O–H groups in total. The van der Waals surface area contributed by atoms with Crippen molar-refractivity contribution in [1.82, 2.24) is 0 Å². The van der Waals surface area contributed by atoms with Crippen LogP contribution in [0.5, 0.6) is 0 Å². The first kappa shape index (κ1) is 13.8. The molecule has 0 saturated carbocycles. The van der Waals surface area contributed by atoms with Gasteiger partial charge in [0.1, 0.15) is 17.4 Å². The van der Waals surface area contributed by atoms with E-state index in [1.54, 1.807) is 25.1 Å². The number of aryl methyl sites for hydroxylation is 2. The lowest BCUT2D eigenvalue weighted by molar-refractivity contribution is 0.212. The van der Waals surface area contributed by atoms with Crippen molar-refractivity contribution in [1.29, 1.82) is 0 Å². The molecular weight excluding hydrogens is 274 g/mol. The number of aliphatic hydroxyl groups is 1. The van der Waals surface area contributed by atoms with Crippen LogP contribution in [0.15, 0.2) is 40.8 Å². The van der Waals surface area contributed by atoms with Crippen LogP contribution in [0.4, 0.5) is 8.78 Å². The average Bonchev–Trinajstić information content (AvgIpc) is 2.80. The third-order valence-electron chi connectivity index (χ3n) is 3.69. The molecule has 0 radical (unpaired) electrons. The van der Waals surface area contributed by atoms with Crippen molar-refractivity contribution >= 4 is 11.0 Å². The molecule has 0 fully saturated rings. The van der Waals surface area contributed by atoms with E-state index in [1.165, 1.54) is 19.1 Å². The van der Waals surface area contributed by atoms with Gasteiger partial charge in [-0.15, -0.1) is 0 Å². The van der Waals surface area contributed by atoms with Gasteiger partial charge in [-0.05, 0) is 25.5 Å². The Bertz CT molecular complexity index is 821. The van der Waals surface area contributed by atoms with Gasteiger partial charge in [0, 0.05) is 16.5 Å². The number of para-hydroxylation sites is 1. The minimum atomic E-state index is -1.27. The van der Waals surface area contributed by atoms with Crippen LogP contribution in [0, 0.1) is 25.5 Å². The van der Waals surface area contributed by atoms with Gasteiger partial charge in [-0.3, -0.25) is 0 Å². The van der Waals surface area contributed by atoms with Crippen LogP contribution in [0.25, 0.3) is 11.0 Å². The minimum Gasteiger partial charge on any atom is -0.461 e. The summed E-state index contributed by atoms with van der Waals surface area (Å²) in [5.74, 6) is -1.46. The third-order valence-corrected chi connectivity index (χ3v) is 3.69. The van der Waals surface area contributed by atoms with E-state index in [9.17, 15) is 13.9 Å². The molecule has 3 rings (SSSR count). The minimum absolute atomic E-state index is 0.0900. The Morgan fingerprint density at radius 3 is 2.48 bits per heavy atom. The van der Waals surface area contributed by atoms with Crippen molar-refractivity contribution in [3.05, 3.63) is 70.5 Å². The molecule has 2 aromatic carbocycles. The van der Waals surface area contributed by atoms with Gasteiger partial charge in [-0.25, -0.2) is 8.78 Å². The van der Waals surface area contributed by atoms with Gasteiger partial charge in [0.15, 0.2) is 11.6 Å². The molecule has 108 valence electrons. The lowest BCUT2D eigenvalue weighted by Crippen LogP contribution is -2.06. The molecule has 1 atom stereocenters. The van der Waals surface area contributed by atoms with Gasteiger partial charge in [-0.2, -0.15) is 0 Å². The van der Waals surface area contributed by atoms with Gasteiger partial charge < -0.3 is 9.52 Å². The fourth-order valence-corrected chi connectivity index (χ4v) is 2.56. The van der Waals surface area contributed by atoms with Crippen molar-refractivity contribution < 1.29 is 18.3 Å². The second-order valence-electron chi connectivity index (χ2n) is 5.07. The largest absolute Gasteiger partial charge is 0.461 e. The van der Waals surface area contributed by atoms with Gasteiger partial charge in [-0.1, -0.05) is 30.3 Å². The van der Waals surface area contributed by atoms with E-state index in [2.05, 4.69) is 0 Å². The van der Waals surface area contributed by atoms with Gasteiger partial charge >= 0.3 is 0 Å². The molecule has 0 aliphatic heterocycles. The summed E-state index contributed by atoms with van der Waals surface area (Å²) in [4.78, 5) is 0. The van der Waals surface area contributed by atoms with E-state index in [4.69, 9.17) is 4.42 Å².